The van der Waals surface area contributed by atoms with E-state index in [4.69, 9.17) is 15.2 Å². The summed E-state index contributed by atoms with van der Waals surface area (Å²) in [5.41, 5.74) is 6.91. The lowest BCUT2D eigenvalue weighted by molar-refractivity contribution is 0.0674. The van der Waals surface area contributed by atoms with E-state index in [1.54, 1.807) is 37.3 Å². The minimum absolute atomic E-state index is 0.0499. The highest BCUT2D eigenvalue weighted by Crippen LogP contribution is 2.18. The van der Waals surface area contributed by atoms with Crippen LogP contribution < -0.4 is 5.73 Å². The highest BCUT2D eigenvalue weighted by molar-refractivity contribution is 9.10. The average Bonchev–Trinajstić information content (AvgIpc) is 2.41. The molecule has 1 aromatic carbocycles. The third kappa shape index (κ3) is 5.48. The molecule has 0 radical (unpaired) electrons. The number of rotatable bonds is 8. The number of halogens is 1. The fourth-order valence-corrected chi connectivity index (χ4v) is 2.35. The molecule has 0 saturated carbocycles. The van der Waals surface area contributed by atoms with Gasteiger partial charge in [-0.25, -0.2) is 0 Å². The first-order valence-corrected chi connectivity index (χ1v) is 7.21. The Bertz CT molecular complexity index is 420. The smallest absolute Gasteiger partial charge is 0.254 e. The number of anilines is 1. The van der Waals surface area contributed by atoms with Gasteiger partial charge in [0.05, 0.1) is 6.61 Å². The predicted octanol–water partition coefficient (Wildman–Crippen LogP) is 2.16. The summed E-state index contributed by atoms with van der Waals surface area (Å²) in [5.74, 6) is -0.0499. The van der Waals surface area contributed by atoms with Gasteiger partial charge in [0.15, 0.2) is 0 Å². The Hall–Kier alpha value is -1.11. The van der Waals surface area contributed by atoms with Crippen LogP contribution in [0.15, 0.2) is 22.7 Å². The number of carbonyl (C=O) groups is 1. The van der Waals surface area contributed by atoms with Crippen LogP contribution in [0.5, 0.6) is 0 Å². The fourth-order valence-electron chi connectivity index (χ4n) is 1.83. The molecule has 20 heavy (non-hydrogen) atoms. The average molecular weight is 345 g/mol. The van der Waals surface area contributed by atoms with Crippen LogP contribution in [0, 0.1) is 0 Å². The maximum absolute atomic E-state index is 12.5. The molecule has 1 rings (SSSR count). The van der Waals surface area contributed by atoms with Gasteiger partial charge in [-0.05, 0) is 24.6 Å². The minimum atomic E-state index is -0.0499. The second-order valence-electron chi connectivity index (χ2n) is 4.40. The summed E-state index contributed by atoms with van der Waals surface area (Å²) in [4.78, 5) is 14.3. The molecule has 0 aromatic heterocycles. The van der Waals surface area contributed by atoms with E-state index in [2.05, 4.69) is 15.9 Å². The van der Waals surface area contributed by atoms with Crippen LogP contribution >= 0.6 is 15.9 Å². The first-order chi connectivity index (χ1) is 9.58. The van der Waals surface area contributed by atoms with Gasteiger partial charge in [0, 0.05) is 49.6 Å². The van der Waals surface area contributed by atoms with Gasteiger partial charge in [0.1, 0.15) is 0 Å². The van der Waals surface area contributed by atoms with Gasteiger partial charge in [0.2, 0.25) is 0 Å². The molecule has 0 heterocycles. The van der Waals surface area contributed by atoms with Crippen molar-refractivity contribution in [2.75, 3.05) is 46.3 Å². The Morgan fingerprint density at radius 3 is 2.50 bits per heavy atom. The summed E-state index contributed by atoms with van der Waals surface area (Å²) in [6, 6.07) is 5.22. The molecule has 5 nitrogen and oxygen atoms in total. The monoisotopic (exact) mass is 344 g/mol. The molecule has 6 heteroatoms. The van der Waals surface area contributed by atoms with Crippen LogP contribution in [0.3, 0.4) is 0 Å². The molecule has 0 aliphatic heterocycles. The molecule has 0 unspecified atom stereocenters. The molecule has 0 spiro atoms. The van der Waals surface area contributed by atoms with Crippen LogP contribution in [0.25, 0.3) is 0 Å². The largest absolute Gasteiger partial charge is 0.399 e. The lowest BCUT2D eigenvalue weighted by atomic mass is 10.1. The van der Waals surface area contributed by atoms with Crippen molar-refractivity contribution in [2.45, 2.75) is 6.42 Å². The van der Waals surface area contributed by atoms with Gasteiger partial charge in [-0.1, -0.05) is 15.9 Å². The van der Waals surface area contributed by atoms with E-state index in [1.807, 2.05) is 0 Å². The van der Waals surface area contributed by atoms with E-state index in [1.165, 1.54) is 0 Å². The van der Waals surface area contributed by atoms with E-state index < -0.39 is 0 Å². The van der Waals surface area contributed by atoms with Gasteiger partial charge < -0.3 is 20.1 Å². The number of benzene rings is 1. The molecule has 0 aliphatic rings. The van der Waals surface area contributed by atoms with Gasteiger partial charge in [-0.2, -0.15) is 0 Å². The second kappa shape index (κ2) is 8.94. The van der Waals surface area contributed by atoms with Crippen LogP contribution in [-0.4, -0.2) is 51.3 Å². The van der Waals surface area contributed by atoms with Crippen molar-refractivity contribution >= 4 is 27.5 Å². The van der Waals surface area contributed by atoms with Gasteiger partial charge in [-0.15, -0.1) is 0 Å². The zero-order valence-electron chi connectivity index (χ0n) is 11.9. The Morgan fingerprint density at radius 1 is 1.20 bits per heavy atom. The Kier molecular flexibility index (Phi) is 7.58. The minimum Gasteiger partial charge on any atom is -0.399 e. The molecule has 2 N–H and O–H groups in total. The molecule has 0 bridgehead atoms. The molecular formula is C14H21BrN2O3. The summed E-state index contributed by atoms with van der Waals surface area (Å²) in [5, 5.41) is 0. The number of hydrogen-bond donors (Lipinski definition) is 1. The van der Waals surface area contributed by atoms with Gasteiger partial charge in [0.25, 0.3) is 5.91 Å². The second-order valence-corrected chi connectivity index (χ2v) is 5.32. The standard InChI is InChI=1S/C14H21BrN2O3/c1-19-6-3-4-17(5-7-20-2)14(18)11-8-12(15)10-13(16)9-11/h8-10H,3-7,16H2,1-2H3. The van der Waals surface area contributed by atoms with Crippen molar-refractivity contribution < 1.29 is 14.3 Å². The Morgan fingerprint density at radius 2 is 1.90 bits per heavy atom. The number of ether oxygens (including phenoxy) is 2. The third-order valence-electron chi connectivity index (χ3n) is 2.80. The molecule has 0 aliphatic carbocycles. The highest BCUT2D eigenvalue weighted by atomic mass is 79.9. The van der Waals surface area contributed by atoms with Crippen LogP contribution in [0.1, 0.15) is 16.8 Å². The number of nitrogens with zero attached hydrogens (tertiary/aromatic N) is 1. The van der Waals surface area contributed by atoms with Crippen molar-refractivity contribution in [1.29, 1.82) is 0 Å². The van der Waals surface area contributed by atoms with E-state index in [9.17, 15) is 4.79 Å². The lowest BCUT2D eigenvalue weighted by Crippen LogP contribution is -2.35. The summed E-state index contributed by atoms with van der Waals surface area (Å²) < 4.78 is 10.9. The SMILES string of the molecule is COCCCN(CCOC)C(=O)c1cc(N)cc(Br)c1. The summed E-state index contributed by atoms with van der Waals surface area (Å²) in [7, 11) is 3.27. The van der Waals surface area contributed by atoms with E-state index in [0.717, 1.165) is 10.9 Å². The van der Waals surface area contributed by atoms with E-state index in [0.29, 0.717) is 37.6 Å². The molecule has 1 amide bonds. The Balaban J connectivity index is 2.79. The predicted molar refractivity (Wildman–Crippen MR) is 82.8 cm³/mol. The summed E-state index contributed by atoms with van der Waals surface area (Å²) in [6.07, 6.45) is 0.787. The van der Waals surface area contributed by atoms with Crippen molar-refractivity contribution in [2.24, 2.45) is 0 Å². The number of amides is 1. The topological polar surface area (TPSA) is 64.8 Å². The first-order valence-electron chi connectivity index (χ1n) is 6.41. The number of hydrogen-bond acceptors (Lipinski definition) is 4. The van der Waals surface area contributed by atoms with E-state index >= 15 is 0 Å². The maximum Gasteiger partial charge on any atom is 0.254 e. The quantitative estimate of drug-likeness (QED) is 0.579. The number of nitrogen functional groups attached to an aromatic ring is 1. The third-order valence-corrected chi connectivity index (χ3v) is 3.25. The van der Waals surface area contributed by atoms with Crippen molar-refractivity contribution in [3.8, 4) is 0 Å². The molecule has 0 fully saturated rings. The maximum atomic E-state index is 12.5. The van der Waals surface area contributed by atoms with Gasteiger partial charge in [-0.3, -0.25) is 4.79 Å². The first kappa shape index (κ1) is 16.9. The fraction of sp³-hybridized carbons (Fsp3) is 0.500. The lowest BCUT2D eigenvalue weighted by Gasteiger charge is -2.22. The normalized spacial score (nSPS) is 10.6. The zero-order chi connectivity index (χ0) is 15.0. The van der Waals surface area contributed by atoms with Crippen LogP contribution in [-0.2, 0) is 9.47 Å². The molecule has 0 saturated heterocycles. The number of carbonyl (C=O) groups excluding carboxylic acids is 1. The highest BCUT2D eigenvalue weighted by Gasteiger charge is 2.16. The van der Waals surface area contributed by atoms with E-state index in [-0.39, 0.29) is 5.91 Å². The van der Waals surface area contributed by atoms with Crippen molar-refractivity contribution in [1.82, 2.24) is 4.90 Å². The molecule has 112 valence electrons. The molecular weight excluding hydrogens is 324 g/mol. The van der Waals surface area contributed by atoms with Crippen molar-refractivity contribution in [3.63, 3.8) is 0 Å². The molecule has 0 atom stereocenters. The molecule has 1 aromatic rings. The van der Waals surface area contributed by atoms with Crippen LogP contribution in [0.4, 0.5) is 5.69 Å². The Labute approximate surface area is 128 Å². The zero-order valence-corrected chi connectivity index (χ0v) is 13.5. The number of nitrogens with two attached hydrogens (primary N) is 1. The number of methoxy groups -OCH3 is 2. The van der Waals surface area contributed by atoms with Crippen LogP contribution in [0.2, 0.25) is 0 Å². The summed E-state index contributed by atoms with van der Waals surface area (Å²) in [6.45, 7) is 2.30. The summed E-state index contributed by atoms with van der Waals surface area (Å²) >= 11 is 3.35. The van der Waals surface area contributed by atoms with Crippen molar-refractivity contribution in [3.05, 3.63) is 28.2 Å². The van der Waals surface area contributed by atoms with Gasteiger partial charge >= 0.3 is 0 Å².